The average molecular weight is 399 g/mol. The van der Waals surface area contributed by atoms with E-state index in [9.17, 15) is 9.18 Å². The fraction of sp³-hybridized carbons (Fsp3) is 0.381. The van der Waals surface area contributed by atoms with E-state index in [1.807, 2.05) is 17.2 Å². The normalized spacial score (nSPS) is 29.6. The Morgan fingerprint density at radius 3 is 2.75 bits per heavy atom. The van der Waals surface area contributed by atoms with E-state index >= 15 is 0 Å². The molecule has 1 aromatic carbocycles. The number of hydrogen-bond donors (Lipinski definition) is 1. The van der Waals surface area contributed by atoms with Gasteiger partial charge in [0.2, 0.25) is 0 Å². The topological polar surface area (TPSA) is 44.8 Å². The molecule has 1 amide bonds. The zero-order valence-electron chi connectivity index (χ0n) is 15.7. The van der Waals surface area contributed by atoms with Gasteiger partial charge < -0.3 is 19.9 Å². The first-order valence-electron chi connectivity index (χ1n) is 9.62. The van der Waals surface area contributed by atoms with Gasteiger partial charge >= 0.3 is 0 Å². The summed E-state index contributed by atoms with van der Waals surface area (Å²) in [4.78, 5) is 17.0. The monoisotopic (exact) mass is 399 g/mol. The number of ether oxygens (including phenoxy) is 1. The molecule has 0 radical (unpaired) electrons. The molecular weight excluding hydrogens is 376 g/mol. The molecule has 4 atom stereocenters. The summed E-state index contributed by atoms with van der Waals surface area (Å²) in [5.41, 5.74) is 1.86. The number of amides is 1. The second-order valence-electron chi connectivity index (χ2n) is 7.74. The SMILES string of the molecule is COc1ccc(C2=CC(=O)N3C=C(N4CC5CNC[C@@H]5C4)C=CC3P2)cc1F. The third-order valence-electron chi connectivity index (χ3n) is 6.06. The first-order valence-corrected chi connectivity index (χ1v) is 10.7. The quantitative estimate of drug-likeness (QED) is 0.794. The first-order chi connectivity index (χ1) is 13.6. The lowest BCUT2D eigenvalue weighted by Crippen LogP contribution is -2.37. The molecule has 0 bridgehead atoms. The number of hydrogen-bond acceptors (Lipinski definition) is 4. The van der Waals surface area contributed by atoms with Crippen molar-refractivity contribution >= 4 is 19.8 Å². The molecule has 7 heteroatoms. The molecule has 5 rings (SSSR count). The van der Waals surface area contributed by atoms with E-state index in [-0.39, 0.29) is 17.4 Å². The van der Waals surface area contributed by atoms with Gasteiger partial charge in [-0.15, -0.1) is 0 Å². The third-order valence-corrected chi connectivity index (χ3v) is 7.57. The molecule has 4 aliphatic heterocycles. The van der Waals surface area contributed by atoms with Crippen molar-refractivity contribution < 1.29 is 13.9 Å². The van der Waals surface area contributed by atoms with Crippen LogP contribution < -0.4 is 10.1 Å². The lowest BCUT2D eigenvalue weighted by molar-refractivity contribution is -0.123. The lowest BCUT2D eigenvalue weighted by atomic mass is 10.0. The second-order valence-corrected chi connectivity index (χ2v) is 9.16. The van der Waals surface area contributed by atoms with Crippen LogP contribution in [-0.2, 0) is 4.79 Å². The number of allylic oxidation sites excluding steroid dienone is 1. The van der Waals surface area contributed by atoms with Crippen LogP contribution in [0.5, 0.6) is 5.75 Å². The molecule has 0 saturated carbocycles. The highest BCUT2D eigenvalue weighted by molar-refractivity contribution is 7.51. The van der Waals surface area contributed by atoms with Gasteiger partial charge in [0.25, 0.3) is 5.91 Å². The summed E-state index contributed by atoms with van der Waals surface area (Å²) in [6.07, 6.45) is 7.90. The Balaban J connectivity index is 1.36. The number of methoxy groups -OCH3 is 1. The fourth-order valence-corrected chi connectivity index (χ4v) is 5.90. The Bertz CT molecular complexity index is 901. The molecule has 1 aromatic rings. The number of nitrogens with zero attached hydrogens (tertiary/aromatic N) is 2. The molecule has 0 spiro atoms. The maximum atomic E-state index is 14.1. The summed E-state index contributed by atoms with van der Waals surface area (Å²) >= 11 is 0. The summed E-state index contributed by atoms with van der Waals surface area (Å²) < 4.78 is 19.1. The number of carbonyl (C=O) groups excluding carboxylic acids is 1. The van der Waals surface area contributed by atoms with Gasteiger partial charge in [0.1, 0.15) is 0 Å². The van der Waals surface area contributed by atoms with Crippen LogP contribution >= 0.6 is 8.58 Å². The Hall–Kier alpha value is -2.17. The molecule has 1 N–H and O–H groups in total. The Morgan fingerprint density at radius 2 is 2.04 bits per heavy atom. The zero-order chi connectivity index (χ0) is 19.3. The molecule has 0 aromatic heterocycles. The maximum absolute atomic E-state index is 14.1. The van der Waals surface area contributed by atoms with Crippen molar-refractivity contribution in [2.24, 2.45) is 11.8 Å². The molecular formula is C21H23FN3O2P. The van der Waals surface area contributed by atoms with Crippen LogP contribution in [0.3, 0.4) is 0 Å². The van der Waals surface area contributed by atoms with E-state index in [4.69, 9.17) is 4.74 Å². The smallest absolute Gasteiger partial charge is 0.252 e. The number of carbonyl (C=O) groups is 1. The summed E-state index contributed by atoms with van der Waals surface area (Å²) in [6.45, 7) is 4.29. The maximum Gasteiger partial charge on any atom is 0.252 e. The Kier molecular flexibility index (Phi) is 4.48. The second kappa shape index (κ2) is 7.02. The van der Waals surface area contributed by atoms with Crippen molar-refractivity contribution in [2.75, 3.05) is 33.3 Å². The predicted octanol–water partition coefficient (Wildman–Crippen LogP) is 2.58. The lowest BCUT2D eigenvalue weighted by Gasteiger charge is -2.35. The number of likely N-dealkylation sites (tertiary alicyclic amines) is 1. The molecule has 146 valence electrons. The average Bonchev–Trinajstić information content (AvgIpc) is 3.30. The van der Waals surface area contributed by atoms with Gasteiger partial charge in [0, 0.05) is 38.5 Å². The predicted molar refractivity (Wildman–Crippen MR) is 109 cm³/mol. The van der Waals surface area contributed by atoms with E-state index in [0.717, 1.165) is 42.8 Å². The Morgan fingerprint density at radius 1 is 1.25 bits per heavy atom. The van der Waals surface area contributed by atoms with Crippen LogP contribution in [0.2, 0.25) is 0 Å². The summed E-state index contributed by atoms with van der Waals surface area (Å²) in [6, 6.07) is 4.88. The molecule has 5 nitrogen and oxygen atoms in total. The zero-order valence-corrected chi connectivity index (χ0v) is 16.7. The number of halogens is 1. The van der Waals surface area contributed by atoms with E-state index in [1.165, 1.54) is 13.2 Å². The molecule has 0 aliphatic carbocycles. The van der Waals surface area contributed by atoms with Crippen molar-refractivity contribution in [1.29, 1.82) is 0 Å². The van der Waals surface area contributed by atoms with E-state index in [2.05, 4.69) is 22.4 Å². The van der Waals surface area contributed by atoms with Gasteiger partial charge in [-0.2, -0.15) is 0 Å². The van der Waals surface area contributed by atoms with E-state index in [0.29, 0.717) is 20.4 Å². The fourth-order valence-electron chi connectivity index (χ4n) is 4.52. The van der Waals surface area contributed by atoms with E-state index in [1.54, 1.807) is 12.1 Å². The molecule has 4 heterocycles. The highest BCUT2D eigenvalue weighted by Gasteiger charge is 2.38. The number of nitrogens with one attached hydrogen (secondary N) is 1. The molecule has 3 unspecified atom stereocenters. The first kappa shape index (κ1) is 17.9. The highest BCUT2D eigenvalue weighted by atomic mass is 31.1. The van der Waals surface area contributed by atoms with Crippen LogP contribution in [0.1, 0.15) is 5.56 Å². The van der Waals surface area contributed by atoms with E-state index < -0.39 is 5.82 Å². The van der Waals surface area contributed by atoms with Crippen LogP contribution in [0.15, 0.2) is 48.3 Å². The minimum atomic E-state index is -0.406. The van der Waals surface area contributed by atoms with Gasteiger partial charge in [0.05, 0.1) is 18.6 Å². The number of rotatable bonds is 3. The Labute approximate surface area is 165 Å². The van der Waals surface area contributed by atoms with Crippen LogP contribution in [0, 0.1) is 17.7 Å². The summed E-state index contributed by atoms with van der Waals surface area (Å²) in [5, 5.41) is 4.35. The standard InChI is InChI=1S/C21H23FN3O2P/c1-27-18-4-2-13(6-17(18)22)19-7-20(26)25-12-16(3-5-21(25)28-19)24-10-14-8-23-9-15(14)11-24/h2-7,12,14-15,21,23,28H,8-11H2,1H3/t14-,15?,21?/m1/s1. The largest absolute Gasteiger partial charge is 0.494 e. The minimum absolute atomic E-state index is 0.00480. The molecule has 2 fully saturated rings. The van der Waals surface area contributed by atoms with Crippen LogP contribution in [-0.4, -0.2) is 54.8 Å². The molecule has 4 aliphatic rings. The van der Waals surface area contributed by atoms with Gasteiger partial charge in [-0.25, -0.2) is 4.39 Å². The van der Waals surface area contributed by atoms with Crippen molar-refractivity contribution in [2.45, 2.75) is 5.78 Å². The summed E-state index contributed by atoms with van der Waals surface area (Å²) in [5.74, 6) is 1.19. The van der Waals surface area contributed by atoms with Gasteiger partial charge in [-0.1, -0.05) is 20.7 Å². The van der Waals surface area contributed by atoms with Gasteiger partial charge in [-0.05, 0) is 40.9 Å². The van der Waals surface area contributed by atoms with Gasteiger partial charge in [-0.3, -0.25) is 4.79 Å². The van der Waals surface area contributed by atoms with Crippen LogP contribution in [0.4, 0.5) is 4.39 Å². The molecule has 2 saturated heterocycles. The van der Waals surface area contributed by atoms with Crippen molar-refractivity contribution in [1.82, 2.24) is 15.1 Å². The van der Waals surface area contributed by atoms with Crippen molar-refractivity contribution in [3.05, 3.63) is 59.7 Å². The van der Waals surface area contributed by atoms with Gasteiger partial charge in [0.15, 0.2) is 11.6 Å². The van der Waals surface area contributed by atoms with Crippen LogP contribution in [0.25, 0.3) is 5.31 Å². The van der Waals surface area contributed by atoms with Crippen molar-refractivity contribution in [3.8, 4) is 5.75 Å². The number of benzene rings is 1. The van der Waals surface area contributed by atoms with Crippen molar-refractivity contribution in [3.63, 3.8) is 0 Å². The highest BCUT2D eigenvalue weighted by Crippen LogP contribution is 2.45. The third kappa shape index (κ3) is 3.05. The molecule has 28 heavy (non-hydrogen) atoms. The number of fused-ring (bicyclic) bond motifs is 2. The minimum Gasteiger partial charge on any atom is -0.494 e. The summed E-state index contributed by atoms with van der Waals surface area (Å²) in [7, 11) is 1.83.